The molecule has 1 saturated carbocycles. The van der Waals surface area contributed by atoms with Crippen LogP contribution in [0.2, 0.25) is 5.02 Å². The van der Waals surface area contributed by atoms with Crippen LogP contribution in [0.1, 0.15) is 32.6 Å². The number of ether oxygens (including phenoxy) is 1. The van der Waals surface area contributed by atoms with Gasteiger partial charge >= 0.3 is 6.09 Å². The zero-order valence-corrected chi connectivity index (χ0v) is 14.5. The fourth-order valence-corrected chi connectivity index (χ4v) is 3.35. The highest BCUT2D eigenvalue weighted by Gasteiger charge is 2.23. The van der Waals surface area contributed by atoms with Gasteiger partial charge in [-0.05, 0) is 56.9 Å². The molecule has 1 aromatic heterocycles. The monoisotopic (exact) mass is 347 g/mol. The first kappa shape index (κ1) is 16.8. The first-order chi connectivity index (χ1) is 11.7. The molecule has 2 N–H and O–H groups in total. The third kappa shape index (κ3) is 4.09. The Balaban J connectivity index is 1.59. The summed E-state index contributed by atoms with van der Waals surface area (Å²) >= 11 is 6.04. The van der Waals surface area contributed by atoms with Crippen LogP contribution in [0.5, 0.6) is 0 Å². The van der Waals surface area contributed by atoms with Gasteiger partial charge in [0.05, 0.1) is 12.1 Å². The number of aromatic nitrogens is 1. The Labute approximate surface area is 146 Å². The van der Waals surface area contributed by atoms with Crippen molar-refractivity contribution in [3.05, 3.63) is 35.5 Å². The Morgan fingerprint density at radius 1 is 1.25 bits per heavy atom. The summed E-state index contributed by atoms with van der Waals surface area (Å²) in [7, 11) is 0. The van der Waals surface area contributed by atoms with E-state index in [1.54, 1.807) is 6.20 Å². The molecule has 0 atom stereocenters. The standard InChI is InChI=1S/C18H22ClN3O2/c1-2-24-18(23)22-14-6-4-13(5-7-14)21-16-9-10-20-17-11-12(19)3-8-15(16)17/h3,8-11,13-14H,2,4-7H2,1H3,(H,20,21)(H,22,23). The average Bonchev–Trinajstić information content (AvgIpc) is 2.57. The van der Waals surface area contributed by atoms with Crippen LogP contribution in [-0.2, 0) is 4.74 Å². The highest BCUT2D eigenvalue weighted by molar-refractivity contribution is 6.31. The molecule has 0 saturated heterocycles. The van der Waals surface area contributed by atoms with Gasteiger partial charge in [0.1, 0.15) is 0 Å². The maximum atomic E-state index is 11.5. The molecule has 0 radical (unpaired) electrons. The Morgan fingerprint density at radius 2 is 2.00 bits per heavy atom. The molecule has 6 heteroatoms. The van der Waals surface area contributed by atoms with Gasteiger partial charge in [-0.1, -0.05) is 11.6 Å². The minimum atomic E-state index is -0.314. The van der Waals surface area contributed by atoms with Gasteiger partial charge in [-0.3, -0.25) is 4.98 Å². The number of fused-ring (bicyclic) bond motifs is 1. The molecule has 0 unspecified atom stereocenters. The molecule has 1 aromatic carbocycles. The van der Waals surface area contributed by atoms with Crippen molar-refractivity contribution < 1.29 is 9.53 Å². The van der Waals surface area contributed by atoms with Crippen LogP contribution in [0.15, 0.2) is 30.5 Å². The maximum Gasteiger partial charge on any atom is 0.407 e. The second-order valence-corrected chi connectivity index (χ2v) is 6.51. The van der Waals surface area contributed by atoms with E-state index in [0.29, 0.717) is 17.7 Å². The van der Waals surface area contributed by atoms with Crippen molar-refractivity contribution in [2.75, 3.05) is 11.9 Å². The smallest absolute Gasteiger partial charge is 0.407 e. The van der Waals surface area contributed by atoms with Crippen molar-refractivity contribution in [2.24, 2.45) is 0 Å². The Bertz CT molecular complexity index is 714. The summed E-state index contributed by atoms with van der Waals surface area (Å²) in [6.45, 7) is 2.22. The molecule has 1 aliphatic rings. The van der Waals surface area contributed by atoms with E-state index in [9.17, 15) is 4.79 Å². The molecule has 1 fully saturated rings. The summed E-state index contributed by atoms with van der Waals surface area (Å²) in [5.41, 5.74) is 1.98. The lowest BCUT2D eigenvalue weighted by Crippen LogP contribution is -2.40. The number of halogens is 1. The van der Waals surface area contributed by atoms with E-state index < -0.39 is 0 Å². The zero-order chi connectivity index (χ0) is 16.9. The van der Waals surface area contributed by atoms with Crippen LogP contribution in [0.4, 0.5) is 10.5 Å². The third-order valence-electron chi connectivity index (χ3n) is 4.39. The summed E-state index contributed by atoms with van der Waals surface area (Å²) in [5, 5.41) is 8.31. The highest BCUT2D eigenvalue weighted by atomic mass is 35.5. The summed E-state index contributed by atoms with van der Waals surface area (Å²) in [6, 6.07) is 8.36. The molecule has 128 valence electrons. The summed E-state index contributed by atoms with van der Waals surface area (Å²) in [6.07, 6.45) is 5.40. The molecule has 1 amide bonds. The van der Waals surface area contributed by atoms with Gasteiger partial charge in [0.15, 0.2) is 0 Å². The van der Waals surface area contributed by atoms with Gasteiger partial charge < -0.3 is 15.4 Å². The Morgan fingerprint density at radius 3 is 2.75 bits per heavy atom. The van der Waals surface area contributed by atoms with Crippen LogP contribution in [-0.4, -0.2) is 29.8 Å². The molecule has 0 aliphatic heterocycles. The minimum absolute atomic E-state index is 0.204. The van der Waals surface area contributed by atoms with E-state index in [1.807, 2.05) is 31.2 Å². The highest BCUT2D eigenvalue weighted by Crippen LogP contribution is 2.28. The van der Waals surface area contributed by atoms with E-state index in [0.717, 1.165) is 42.3 Å². The average molecular weight is 348 g/mol. The van der Waals surface area contributed by atoms with E-state index in [-0.39, 0.29) is 12.1 Å². The number of nitrogens with zero attached hydrogens (tertiary/aromatic N) is 1. The van der Waals surface area contributed by atoms with Crippen molar-refractivity contribution in [1.29, 1.82) is 0 Å². The molecule has 1 heterocycles. The van der Waals surface area contributed by atoms with Gasteiger partial charge in [0, 0.05) is 34.4 Å². The SMILES string of the molecule is CCOC(=O)NC1CCC(Nc2ccnc3cc(Cl)ccc23)CC1. The Kier molecular flexibility index (Phi) is 5.41. The second-order valence-electron chi connectivity index (χ2n) is 6.08. The molecular formula is C18H22ClN3O2. The molecule has 5 nitrogen and oxygen atoms in total. The Hall–Kier alpha value is -2.01. The number of alkyl carbamates (subject to hydrolysis) is 1. The maximum absolute atomic E-state index is 11.5. The quantitative estimate of drug-likeness (QED) is 0.862. The van der Waals surface area contributed by atoms with Crippen LogP contribution < -0.4 is 10.6 Å². The molecular weight excluding hydrogens is 326 g/mol. The number of amides is 1. The fourth-order valence-electron chi connectivity index (χ4n) is 3.19. The number of hydrogen-bond donors (Lipinski definition) is 2. The van der Waals surface area contributed by atoms with Crippen LogP contribution in [0.25, 0.3) is 10.9 Å². The molecule has 0 spiro atoms. The zero-order valence-electron chi connectivity index (χ0n) is 13.7. The van der Waals surface area contributed by atoms with Crippen molar-refractivity contribution in [3.8, 4) is 0 Å². The predicted octanol–water partition coefficient (Wildman–Crippen LogP) is 4.36. The largest absolute Gasteiger partial charge is 0.450 e. The number of pyridine rings is 1. The molecule has 2 aromatic rings. The number of benzene rings is 1. The van der Waals surface area contributed by atoms with Crippen LogP contribution in [0, 0.1) is 0 Å². The topological polar surface area (TPSA) is 63.2 Å². The number of hydrogen-bond acceptors (Lipinski definition) is 4. The number of nitrogens with one attached hydrogen (secondary N) is 2. The van der Waals surface area contributed by atoms with Crippen molar-refractivity contribution in [1.82, 2.24) is 10.3 Å². The number of carbonyl (C=O) groups is 1. The van der Waals surface area contributed by atoms with Gasteiger partial charge in [-0.2, -0.15) is 0 Å². The lowest BCUT2D eigenvalue weighted by molar-refractivity contribution is 0.144. The molecule has 0 bridgehead atoms. The van der Waals surface area contributed by atoms with E-state index in [4.69, 9.17) is 16.3 Å². The van der Waals surface area contributed by atoms with Gasteiger partial charge in [0.25, 0.3) is 0 Å². The molecule has 3 rings (SSSR count). The lowest BCUT2D eigenvalue weighted by Gasteiger charge is -2.30. The first-order valence-corrected chi connectivity index (χ1v) is 8.77. The van der Waals surface area contributed by atoms with Crippen LogP contribution >= 0.6 is 11.6 Å². The number of anilines is 1. The molecule has 24 heavy (non-hydrogen) atoms. The molecule has 1 aliphatic carbocycles. The van der Waals surface area contributed by atoms with E-state index >= 15 is 0 Å². The van der Waals surface area contributed by atoms with Crippen molar-refractivity contribution in [3.63, 3.8) is 0 Å². The van der Waals surface area contributed by atoms with Gasteiger partial charge in [-0.15, -0.1) is 0 Å². The summed E-state index contributed by atoms with van der Waals surface area (Å²) in [4.78, 5) is 15.9. The lowest BCUT2D eigenvalue weighted by atomic mass is 9.91. The van der Waals surface area contributed by atoms with Crippen LogP contribution in [0.3, 0.4) is 0 Å². The summed E-state index contributed by atoms with van der Waals surface area (Å²) in [5.74, 6) is 0. The normalized spacial score (nSPS) is 20.6. The van der Waals surface area contributed by atoms with Gasteiger partial charge in [-0.25, -0.2) is 4.79 Å². The third-order valence-corrected chi connectivity index (χ3v) is 4.62. The second kappa shape index (κ2) is 7.71. The fraction of sp³-hybridized carbons (Fsp3) is 0.444. The minimum Gasteiger partial charge on any atom is -0.450 e. The van der Waals surface area contributed by atoms with E-state index in [2.05, 4.69) is 15.6 Å². The number of rotatable bonds is 4. The predicted molar refractivity (Wildman–Crippen MR) is 96.6 cm³/mol. The summed E-state index contributed by atoms with van der Waals surface area (Å²) < 4.78 is 4.94. The first-order valence-electron chi connectivity index (χ1n) is 8.40. The van der Waals surface area contributed by atoms with E-state index in [1.165, 1.54) is 0 Å². The van der Waals surface area contributed by atoms with Crippen molar-refractivity contribution >= 4 is 34.3 Å². The number of carbonyl (C=O) groups excluding carboxylic acids is 1. The van der Waals surface area contributed by atoms with Crippen molar-refractivity contribution in [2.45, 2.75) is 44.7 Å². The van der Waals surface area contributed by atoms with Gasteiger partial charge in [0.2, 0.25) is 0 Å².